The Bertz CT molecular complexity index is 880. The molecule has 0 saturated carbocycles. The first kappa shape index (κ1) is 16.4. The number of primary sulfonamides is 1. The van der Waals surface area contributed by atoms with Crippen LogP contribution in [-0.4, -0.2) is 24.7 Å². The quantitative estimate of drug-likeness (QED) is 0.427. The number of phenols is 1. The second-order valence-electron chi connectivity index (χ2n) is 4.45. The Morgan fingerprint density at radius 1 is 1.26 bits per heavy atom. The van der Waals surface area contributed by atoms with E-state index in [0.29, 0.717) is 5.56 Å². The third kappa shape index (κ3) is 4.25. The van der Waals surface area contributed by atoms with Gasteiger partial charge >= 0.3 is 0 Å². The SMILES string of the molecule is NS(=O)(=O)c1ccc(N/N=C/c2cccc(O)c2)c([N+](=O)[O-])c1. The van der Waals surface area contributed by atoms with Gasteiger partial charge in [-0.2, -0.15) is 5.10 Å². The first-order valence-electron chi connectivity index (χ1n) is 6.17. The van der Waals surface area contributed by atoms with Crippen molar-refractivity contribution in [3.05, 3.63) is 58.1 Å². The molecular weight excluding hydrogens is 324 g/mol. The van der Waals surface area contributed by atoms with E-state index in [2.05, 4.69) is 10.5 Å². The fourth-order valence-electron chi connectivity index (χ4n) is 1.72. The maximum Gasteiger partial charge on any atom is 0.295 e. The van der Waals surface area contributed by atoms with Gasteiger partial charge < -0.3 is 5.11 Å². The average molecular weight is 336 g/mol. The van der Waals surface area contributed by atoms with Crippen molar-refractivity contribution in [1.29, 1.82) is 0 Å². The van der Waals surface area contributed by atoms with Gasteiger partial charge in [-0.05, 0) is 29.8 Å². The molecule has 0 aliphatic heterocycles. The molecule has 120 valence electrons. The summed E-state index contributed by atoms with van der Waals surface area (Å²) in [6.07, 6.45) is 1.34. The number of nitrogens with one attached hydrogen (secondary N) is 1. The maximum atomic E-state index is 11.2. The predicted octanol–water partition coefficient (Wildman–Crippen LogP) is 1.39. The van der Waals surface area contributed by atoms with Gasteiger partial charge in [0, 0.05) is 6.07 Å². The number of nitro benzene ring substituents is 1. The topological polar surface area (TPSA) is 148 Å². The monoisotopic (exact) mass is 336 g/mol. The highest BCUT2D eigenvalue weighted by molar-refractivity contribution is 7.89. The van der Waals surface area contributed by atoms with Crippen LogP contribution in [0.5, 0.6) is 5.75 Å². The van der Waals surface area contributed by atoms with Gasteiger partial charge in [0.2, 0.25) is 10.0 Å². The summed E-state index contributed by atoms with van der Waals surface area (Å²) in [5.74, 6) is 0.0532. The molecule has 23 heavy (non-hydrogen) atoms. The number of benzene rings is 2. The maximum absolute atomic E-state index is 11.2. The number of nitrogens with two attached hydrogens (primary N) is 1. The van der Waals surface area contributed by atoms with Crippen LogP contribution in [0.15, 0.2) is 52.5 Å². The minimum absolute atomic E-state index is 0.00111. The van der Waals surface area contributed by atoms with Gasteiger partial charge in [-0.15, -0.1) is 0 Å². The van der Waals surface area contributed by atoms with Crippen molar-refractivity contribution in [1.82, 2.24) is 0 Å². The third-order valence-electron chi connectivity index (χ3n) is 2.76. The number of hydrogen-bond acceptors (Lipinski definition) is 7. The van der Waals surface area contributed by atoms with Gasteiger partial charge in [-0.1, -0.05) is 12.1 Å². The molecule has 0 radical (unpaired) electrons. The molecule has 4 N–H and O–H groups in total. The molecule has 0 spiro atoms. The summed E-state index contributed by atoms with van der Waals surface area (Å²) < 4.78 is 22.5. The fraction of sp³-hybridized carbons (Fsp3) is 0. The van der Waals surface area contributed by atoms with E-state index in [1.165, 1.54) is 24.4 Å². The zero-order valence-electron chi connectivity index (χ0n) is 11.6. The molecule has 0 aromatic heterocycles. The van der Waals surface area contributed by atoms with Crippen LogP contribution >= 0.6 is 0 Å². The van der Waals surface area contributed by atoms with Crippen LogP contribution in [0.1, 0.15) is 5.56 Å². The molecule has 0 aliphatic rings. The zero-order valence-corrected chi connectivity index (χ0v) is 12.4. The molecule has 0 atom stereocenters. The first-order chi connectivity index (χ1) is 10.8. The molecule has 2 rings (SSSR count). The number of sulfonamides is 1. The van der Waals surface area contributed by atoms with Gasteiger partial charge in [-0.25, -0.2) is 13.6 Å². The van der Waals surface area contributed by atoms with E-state index >= 15 is 0 Å². The Hall–Kier alpha value is -2.98. The molecule has 0 fully saturated rings. The van der Waals surface area contributed by atoms with Crippen molar-refractivity contribution in [2.24, 2.45) is 10.2 Å². The highest BCUT2D eigenvalue weighted by atomic mass is 32.2. The van der Waals surface area contributed by atoms with Gasteiger partial charge in [0.15, 0.2) is 0 Å². The Balaban J connectivity index is 2.27. The lowest BCUT2D eigenvalue weighted by Crippen LogP contribution is -2.12. The van der Waals surface area contributed by atoms with Crippen LogP contribution in [0, 0.1) is 10.1 Å². The van der Waals surface area contributed by atoms with Crippen molar-refractivity contribution in [2.75, 3.05) is 5.43 Å². The summed E-state index contributed by atoms with van der Waals surface area (Å²) in [5, 5.41) is 29.1. The lowest BCUT2D eigenvalue weighted by molar-refractivity contribution is -0.384. The number of hydrogen-bond donors (Lipinski definition) is 3. The summed E-state index contributed by atoms with van der Waals surface area (Å²) in [4.78, 5) is 9.91. The largest absolute Gasteiger partial charge is 0.508 e. The Kier molecular flexibility index (Phi) is 4.57. The second-order valence-corrected chi connectivity index (χ2v) is 6.01. The standard InChI is InChI=1S/C13H12N4O5S/c14-23(21,22)11-4-5-12(13(7-11)17(19)20)16-15-8-9-2-1-3-10(18)6-9/h1-8,16,18H,(H2,14,21,22)/b15-8+. The number of aromatic hydroxyl groups is 1. The van der Waals surface area contributed by atoms with Crippen molar-refractivity contribution in [3.63, 3.8) is 0 Å². The molecular formula is C13H12N4O5S. The Morgan fingerprint density at radius 3 is 2.61 bits per heavy atom. The number of nitrogens with zero attached hydrogens (tertiary/aromatic N) is 2. The average Bonchev–Trinajstić information content (AvgIpc) is 2.46. The molecule has 2 aromatic carbocycles. The van der Waals surface area contributed by atoms with E-state index in [9.17, 15) is 23.6 Å². The smallest absolute Gasteiger partial charge is 0.295 e. The Morgan fingerprint density at radius 2 is 2.00 bits per heavy atom. The van der Waals surface area contributed by atoms with Crippen molar-refractivity contribution < 1.29 is 18.4 Å². The number of anilines is 1. The zero-order chi connectivity index (χ0) is 17.0. The van der Waals surface area contributed by atoms with Gasteiger partial charge in [0.1, 0.15) is 11.4 Å². The normalized spacial score (nSPS) is 11.5. The van der Waals surface area contributed by atoms with Gasteiger partial charge in [0.05, 0.1) is 16.0 Å². The summed E-state index contributed by atoms with van der Waals surface area (Å²) in [6.45, 7) is 0. The molecule has 0 amide bonds. The van der Waals surface area contributed by atoms with E-state index in [1.54, 1.807) is 12.1 Å². The summed E-state index contributed by atoms with van der Waals surface area (Å²) in [5.41, 5.74) is 2.54. The third-order valence-corrected chi connectivity index (χ3v) is 3.67. The predicted molar refractivity (Wildman–Crippen MR) is 83.8 cm³/mol. The number of nitro groups is 1. The molecule has 9 nitrogen and oxygen atoms in total. The van der Waals surface area contributed by atoms with Crippen LogP contribution in [0.2, 0.25) is 0 Å². The van der Waals surface area contributed by atoms with E-state index < -0.39 is 20.6 Å². The first-order valence-corrected chi connectivity index (χ1v) is 7.71. The van der Waals surface area contributed by atoms with Crippen LogP contribution in [-0.2, 0) is 10.0 Å². The summed E-state index contributed by atoms with van der Waals surface area (Å²) in [6, 6.07) is 9.39. The van der Waals surface area contributed by atoms with E-state index in [4.69, 9.17) is 5.14 Å². The molecule has 2 aromatic rings. The highest BCUT2D eigenvalue weighted by Crippen LogP contribution is 2.27. The van der Waals surface area contributed by atoms with E-state index in [-0.39, 0.29) is 16.3 Å². The van der Waals surface area contributed by atoms with Crippen LogP contribution < -0.4 is 10.6 Å². The number of hydrazone groups is 1. The molecule has 0 bridgehead atoms. The minimum Gasteiger partial charge on any atom is -0.508 e. The van der Waals surface area contributed by atoms with Crippen LogP contribution in [0.25, 0.3) is 0 Å². The second kappa shape index (κ2) is 6.42. The molecule has 10 heteroatoms. The number of rotatable bonds is 5. The van der Waals surface area contributed by atoms with Crippen molar-refractivity contribution >= 4 is 27.6 Å². The van der Waals surface area contributed by atoms with Crippen molar-refractivity contribution in [2.45, 2.75) is 4.90 Å². The Labute approximate surface area is 131 Å². The van der Waals surface area contributed by atoms with E-state index in [0.717, 1.165) is 12.1 Å². The summed E-state index contributed by atoms with van der Waals surface area (Å²) >= 11 is 0. The lowest BCUT2D eigenvalue weighted by Gasteiger charge is -2.04. The molecule has 0 heterocycles. The van der Waals surface area contributed by atoms with Gasteiger partial charge in [-0.3, -0.25) is 15.5 Å². The molecule has 0 saturated heterocycles. The van der Waals surface area contributed by atoms with E-state index in [1.807, 2.05) is 0 Å². The van der Waals surface area contributed by atoms with Crippen LogP contribution in [0.3, 0.4) is 0 Å². The van der Waals surface area contributed by atoms with Gasteiger partial charge in [0.25, 0.3) is 5.69 Å². The lowest BCUT2D eigenvalue weighted by atomic mass is 10.2. The number of phenolic OH excluding ortho intramolecular Hbond substituents is 1. The minimum atomic E-state index is -4.04. The molecule has 0 unspecified atom stereocenters. The molecule has 0 aliphatic carbocycles. The fourth-order valence-corrected chi connectivity index (χ4v) is 2.25. The van der Waals surface area contributed by atoms with Crippen LogP contribution in [0.4, 0.5) is 11.4 Å². The van der Waals surface area contributed by atoms with Crippen molar-refractivity contribution in [3.8, 4) is 5.75 Å². The summed E-state index contributed by atoms with van der Waals surface area (Å²) in [7, 11) is -4.04. The highest BCUT2D eigenvalue weighted by Gasteiger charge is 2.18.